The summed E-state index contributed by atoms with van der Waals surface area (Å²) in [5.74, 6) is 1.16. The van der Waals surface area contributed by atoms with Gasteiger partial charge in [0.1, 0.15) is 11.6 Å². The molecule has 9 heteroatoms. The highest BCUT2D eigenvalue weighted by Gasteiger charge is 2.16. The zero-order valence-corrected chi connectivity index (χ0v) is 18.1. The number of aromatic nitrogens is 4. The van der Waals surface area contributed by atoms with E-state index in [4.69, 9.17) is 9.47 Å². The Kier molecular flexibility index (Phi) is 5.94. The van der Waals surface area contributed by atoms with Gasteiger partial charge in [0, 0.05) is 23.6 Å². The van der Waals surface area contributed by atoms with Gasteiger partial charge in [-0.1, -0.05) is 6.07 Å². The van der Waals surface area contributed by atoms with Crippen molar-refractivity contribution in [1.82, 2.24) is 19.9 Å². The molecule has 0 atom stereocenters. The van der Waals surface area contributed by atoms with Gasteiger partial charge in [0.15, 0.2) is 5.69 Å². The molecule has 0 spiro atoms. The first-order valence-corrected chi connectivity index (χ1v) is 10.5. The number of nitrogens with zero attached hydrogens (tertiary/aromatic N) is 3. The minimum absolute atomic E-state index is 0.192. The van der Waals surface area contributed by atoms with E-state index in [0.29, 0.717) is 17.1 Å². The number of methoxy groups -OCH3 is 1. The van der Waals surface area contributed by atoms with Crippen LogP contribution in [-0.4, -0.2) is 39.6 Å². The summed E-state index contributed by atoms with van der Waals surface area (Å²) in [7, 11) is 1.60. The second-order valence-corrected chi connectivity index (χ2v) is 7.56. The number of rotatable bonds is 7. The molecule has 0 aliphatic carbocycles. The number of ether oxygens (including phenoxy) is 2. The Labute approximate surface area is 183 Å². The summed E-state index contributed by atoms with van der Waals surface area (Å²) in [5.41, 5.74) is 3.34. The van der Waals surface area contributed by atoms with Crippen molar-refractivity contribution in [3.05, 3.63) is 59.4 Å². The first-order valence-electron chi connectivity index (χ1n) is 9.64. The second-order valence-electron chi connectivity index (χ2n) is 6.61. The fraction of sp³-hybridized carbons (Fsp3) is 0.182. The minimum atomic E-state index is -0.494. The lowest BCUT2D eigenvalue weighted by molar-refractivity contribution is 0.0519. The number of thiophene rings is 1. The molecule has 158 valence electrons. The van der Waals surface area contributed by atoms with Gasteiger partial charge in [0.05, 0.1) is 29.9 Å². The lowest BCUT2D eigenvalue weighted by Gasteiger charge is -2.12. The largest absolute Gasteiger partial charge is 0.496 e. The van der Waals surface area contributed by atoms with Crippen molar-refractivity contribution in [3.8, 4) is 27.7 Å². The normalized spacial score (nSPS) is 10.7. The molecule has 4 rings (SSSR count). The predicted octanol–water partition coefficient (Wildman–Crippen LogP) is 4.83. The Balaban J connectivity index is 1.69. The van der Waals surface area contributed by atoms with Crippen LogP contribution in [-0.2, 0) is 4.74 Å². The third-order valence-corrected chi connectivity index (χ3v) is 5.29. The minimum Gasteiger partial charge on any atom is -0.496 e. The third-order valence-electron chi connectivity index (χ3n) is 4.40. The number of benzene rings is 1. The SMILES string of the molecule is CCOC(=O)c1cc(-c2cccs2)nc(Nc2ccc(-c3ncc(C)[nH]3)c(OC)c2)n1. The molecular formula is C22H21N5O3S. The quantitative estimate of drug-likeness (QED) is 0.401. The van der Waals surface area contributed by atoms with Crippen molar-refractivity contribution in [3.63, 3.8) is 0 Å². The zero-order chi connectivity index (χ0) is 21.8. The number of hydrogen-bond donors (Lipinski definition) is 2. The summed E-state index contributed by atoms with van der Waals surface area (Å²) < 4.78 is 10.7. The first kappa shape index (κ1) is 20.5. The third kappa shape index (κ3) is 4.56. The van der Waals surface area contributed by atoms with Crippen LogP contribution in [0.5, 0.6) is 5.75 Å². The van der Waals surface area contributed by atoms with Gasteiger partial charge in [-0.2, -0.15) is 0 Å². The molecular weight excluding hydrogens is 414 g/mol. The predicted molar refractivity (Wildman–Crippen MR) is 120 cm³/mol. The Morgan fingerprint density at radius 1 is 1.23 bits per heavy atom. The van der Waals surface area contributed by atoms with Crippen molar-refractivity contribution < 1.29 is 14.3 Å². The maximum Gasteiger partial charge on any atom is 0.357 e. The van der Waals surface area contributed by atoms with Crippen molar-refractivity contribution in [1.29, 1.82) is 0 Å². The monoisotopic (exact) mass is 435 g/mol. The number of imidazole rings is 1. The van der Waals surface area contributed by atoms with Crippen LogP contribution < -0.4 is 10.1 Å². The van der Waals surface area contributed by atoms with E-state index in [9.17, 15) is 4.79 Å². The molecule has 0 saturated carbocycles. The molecule has 0 unspecified atom stereocenters. The van der Waals surface area contributed by atoms with Gasteiger partial charge in [-0.3, -0.25) is 0 Å². The van der Waals surface area contributed by atoms with Crippen LogP contribution in [0.25, 0.3) is 22.0 Å². The number of anilines is 2. The average Bonchev–Trinajstić information content (AvgIpc) is 3.46. The standard InChI is InChI=1S/C22H21N5O3S/c1-4-30-21(28)17-11-16(19-6-5-9-31-19)26-22(27-17)25-14-7-8-15(18(10-14)29-3)20-23-12-13(2)24-20/h5-12H,4H2,1-3H3,(H,23,24)(H,25,26,27). The Bertz CT molecular complexity index is 1200. The summed E-state index contributed by atoms with van der Waals surface area (Å²) in [6.45, 7) is 3.97. The molecule has 8 nitrogen and oxygen atoms in total. The van der Waals surface area contributed by atoms with Gasteiger partial charge < -0.3 is 19.8 Å². The highest BCUT2D eigenvalue weighted by Crippen LogP contribution is 2.32. The molecule has 2 N–H and O–H groups in total. The number of aromatic amines is 1. The van der Waals surface area contributed by atoms with Gasteiger partial charge in [-0.05, 0) is 43.5 Å². The Morgan fingerprint density at radius 2 is 2.10 bits per heavy atom. The highest BCUT2D eigenvalue weighted by atomic mass is 32.1. The van der Waals surface area contributed by atoms with Gasteiger partial charge >= 0.3 is 5.97 Å². The van der Waals surface area contributed by atoms with Gasteiger partial charge in [-0.25, -0.2) is 19.7 Å². The summed E-state index contributed by atoms with van der Waals surface area (Å²) in [6, 6.07) is 11.1. The van der Waals surface area contributed by atoms with Crippen LogP contribution in [0.2, 0.25) is 0 Å². The number of carbonyl (C=O) groups excluding carboxylic acids is 1. The van der Waals surface area contributed by atoms with Crippen LogP contribution >= 0.6 is 11.3 Å². The van der Waals surface area contributed by atoms with Crippen LogP contribution in [0.3, 0.4) is 0 Å². The van der Waals surface area contributed by atoms with Gasteiger partial charge in [0.25, 0.3) is 0 Å². The molecule has 0 bridgehead atoms. The van der Waals surface area contributed by atoms with Crippen LogP contribution in [0.1, 0.15) is 23.1 Å². The lowest BCUT2D eigenvalue weighted by atomic mass is 10.1. The fourth-order valence-electron chi connectivity index (χ4n) is 3.01. The molecule has 0 aliphatic rings. The van der Waals surface area contributed by atoms with Crippen LogP contribution in [0, 0.1) is 6.92 Å². The second kappa shape index (κ2) is 8.97. The zero-order valence-electron chi connectivity index (χ0n) is 17.3. The summed E-state index contributed by atoms with van der Waals surface area (Å²) in [5, 5.41) is 5.12. The molecule has 3 aromatic heterocycles. The maximum absolute atomic E-state index is 12.3. The molecule has 3 heterocycles. The van der Waals surface area contributed by atoms with Gasteiger partial charge in [0.2, 0.25) is 5.95 Å². The van der Waals surface area contributed by atoms with E-state index in [1.165, 1.54) is 11.3 Å². The molecule has 1 aromatic carbocycles. The molecule has 0 fully saturated rings. The molecule has 0 saturated heterocycles. The van der Waals surface area contributed by atoms with E-state index >= 15 is 0 Å². The number of hydrogen-bond acceptors (Lipinski definition) is 8. The number of H-pyrrole nitrogens is 1. The molecule has 31 heavy (non-hydrogen) atoms. The average molecular weight is 436 g/mol. The van der Waals surface area contributed by atoms with Crippen LogP contribution in [0.4, 0.5) is 11.6 Å². The smallest absolute Gasteiger partial charge is 0.357 e. The Morgan fingerprint density at radius 3 is 2.77 bits per heavy atom. The van der Waals surface area contributed by atoms with Crippen molar-refractivity contribution >= 4 is 28.9 Å². The summed E-state index contributed by atoms with van der Waals surface area (Å²) >= 11 is 1.53. The molecule has 0 aliphatic heterocycles. The first-order chi connectivity index (χ1) is 15.1. The van der Waals surface area contributed by atoms with E-state index in [-0.39, 0.29) is 18.2 Å². The molecule has 0 radical (unpaired) electrons. The number of nitrogens with one attached hydrogen (secondary N) is 2. The Hall–Kier alpha value is -3.72. The molecule has 0 amide bonds. The van der Waals surface area contributed by atoms with E-state index in [1.54, 1.807) is 26.3 Å². The summed E-state index contributed by atoms with van der Waals surface area (Å²) in [4.78, 5) is 29.7. The number of esters is 1. The van der Waals surface area contributed by atoms with E-state index in [1.807, 2.05) is 42.6 Å². The van der Waals surface area contributed by atoms with Crippen LogP contribution in [0.15, 0.2) is 48.0 Å². The van der Waals surface area contributed by atoms with Crippen molar-refractivity contribution in [2.75, 3.05) is 19.0 Å². The highest BCUT2D eigenvalue weighted by molar-refractivity contribution is 7.13. The van der Waals surface area contributed by atoms with E-state index in [2.05, 4.69) is 25.3 Å². The van der Waals surface area contributed by atoms with E-state index in [0.717, 1.165) is 22.0 Å². The molecule has 4 aromatic rings. The van der Waals surface area contributed by atoms with Crippen molar-refractivity contribution in [2.45, 2.75) is 13.8 Å². The van der Waals surface area contributed by atoms with Gasteiger partial charge in [-0.15, -0.1) is 11.3 Å². The number of aryl methyl sites for hydroxylation is 1. The van der Waals surface area contributed by atoms with Crippen molar-refractivity contribution in [2.24, 2.45) is 0 Å². The maximum atomic E-state index is 12.3. The topological polar surface area (TPSA) is 102 Å². The fourth-order valence-corrected chi connectivity index (χ4v) is 3.69. The summed E-state index contributed by atoms with van der Waals surface area (Å²) in [6.07, 6.45) is 1.77. The van der Waals surface area contributed by atoms with E-state index < -0.39 is 5.97 Å². The lowest BCUT2D eigenvalue weighted by Crippen LogP contribution is -2.10. The number of carbonyl (C=O) groups is 1.